The Kier molecular flexibility index (Phi) is 4.52. The molecule has 0 aromatic heterocycles. The number of anilines is 1. The largest absolute Gasteiger partial charge is 0.388 e. The molecular formula is C26H23N. The molecule has 0 heterocycles. The highest BCUT2D eigenvalue weighted by molar-refractivity contribution is 6.08. The topological polar surface area (TPSA) is 12.0 Å². The van der Waals surface area contributed by atoms with Gasteiger partial charge in [-0.05, 0) is 58.1 Å². The van der Waals surface area contributed by atoms with Crippen LogP contribution in [0.2, 0.25) is 0 Å². The Labute approximate surface area is 161 Å². The van der Waals surface area contributed by atoms with E-state index in [1.165, 1.54) is 38.6 Å². The van der Waals surface area contributed by atoms with Gasteiger partial charge >= 0.3 is 0 Å². The summed E-state index contributed by atoms with van der Waals surface area (Å²) >= 11 is 0. The molecule has 0 spiro atoms. The van der Waals surface area contributed by atoms with Crippen LogP contribution in [0.5, 0.6) is 0 Å². The lowest BCUT2D eigenvalue weighted by Crippen LogP contribution is -1.97. The van der Waals surface area contributed by atoms with Crippen molar-refractivity contribution in [3.8, 4) is 22.3 Å². The molecule has 0 radical (unpaired) electrons. The predicted octanol–water partition coefficient (Wildman–Crippen LogP) is 7.17. The van der Waals surface area contributed by atoms with E-state index in [1.807, 2.05) is 13.1 Å². The molecule has 0 amide bonds. The number of aryl methyl sites for hydroxylation is 1. The number of nitrogens with one attached hydrogen (secondary N) is 1. The van der Waals surface area contributed by atoms with E-state index in [-0.39, 0.29) is 0 Å². The fourth-order valence-corrected chi connectivity index (χ4v) is 3.81. The van der Waals surface area contributed by atoms with Gasteiger partial charge in [-0.15, -0.1) is 0 Å². The van der Waals surface area contributed by atoms with Crippen LogP contribution in [0.3, 0.4) is 0 Å². The van der Waals surface area contributed by atoms with Gasteiger partial charge < -0.3 is 5.32 Å². The van der Waals surface area contributed by atoms with E-state index < -0.39 is 0 Å². The zero-order valence-electron chi connectivity index (χ0n) is 15.8. The summed E-state index contributed by atoms with van der Waals surface area (Å²) < 4.78 is 0. The molecule has 4 rings (SSSR count). The molecule has 1 N–H and O–H groups in total. The molecule has 0 aliphatic heterocycles. The van der Waals surface area contributed by atoms with E-state index in [0.29, 0.717) is 0 Å². The van der Waals surface area contributed by atoms with Gasteiger partial charge in [0.25, 0.3) is 0 Å². The molecule has 0 aliphatic rings. The molecule has 4 aromatic carbocycles. The predicted molar refractivity (Wildman–Crippen MR) is 119 cm³/mol. The summed E-state index contributed by atoms with van der Waals surface area (Å²) in [5.41, 5.74) is 8.42. The smallest absolute Gasteiger partial charge is 0.0417 e. The average molecular weight is 349 g/mol. The maximum Gasteiger partial charge on any atom is 0.0417 e. The third-order valence-electron chi connectivity index (χ3n) is 5.08. The van der Waals surface area contributed by atoms with Gasteiger partial charge in [-0.1, -0.05) is 78.9 Å². The second kappa shape index (κ2) is 7.13. The Morgan fingerprint density at radius 2 is 1.56 bits per heavy atom. The van der Waals surface area contributed by atoms with Gasteiger partial charge in [0.2, 0.25) is 0 Å². The van der Waals surface area contributed by atoms with E-state index in [1.54, 1.807) is 0 Å². The van der Waals surface area contributed by atoms with Crippen molar-refractivity contribution in [1.82, 2.24) is 0 Å². The zero-order valence-corrected chi connectivity index (χ0v) is 15.8. The molecule has 0 unspecified atom stereocenters. The van der Waals surface area contributed by atoms with E-state index in [4.69, 9.17) is 0 Å². The lowest BCUT2D eigenvalue weighted by Gasteiger charge is -2.20. The maximum atomic E-state index is 4.12. The summed E-state index contributed by atoms with van der Waals surface area (Å²) in [5, 5.41) is 5.85. The Balaban J connectivity index is 2.20. The standard InChI is InChI=1S/C26H23N/c1-4-19-17-21-12-8-9-13-22(21)26(20-10-6-5-7-11-20)25(19)23-16-18(2)14-15-24(23)27-3/h4-17,27H,1H2,2-3H3. The highest BCUT2D eigenvalue weighted by Gasteiger charge is 2.17. The van der Waals surface area contributed by atoms with Crippen LogP contribution < -0.4 is 5.32 Å². The lowest BCUT2D eigenvalue weighted by atomic mass is 9.85. The van der Waals surface area contributed by atoms with Crippen molar-refractivity contribution in [2.24, 2.45) is 0 Å². The van der Waals surface area contributed by atoms with Crippen LogP contribution in [-0.2, 0) is 0 Å². The Morgan fingerprint density at radius 1 is 0.815 bits per heavy atom. The van der Waals surface area contributed by atoms with Crippen LogP contribution in [-0.4, -0.2) is 7.05 Å². The molecule has 1 nitrogen and oxygen atoms in total. The molecule has 0 aliphatic carbocycles. The van der Waals surface area contributed by atoms with E-state index in [2.05, 4.69) is 97.7 Å². The van der Waals surface area contributed by atoms with Crippen molar-refractivity contribution < 1.29 is 0 Å². The van der Waals surface area contributed by atoms with Crippen molar-refractivity contribution in [1.29, 1.82) is 0 Å². The minimum Gasteiger partial charge on any atom is -0.388 e. The first kappa shape index (κ1) is 17.1. The number of rotatable bonds is 4. The Morgan fingerprint density at radius 3 is 2.30 bits per heavy atom. The third-order valence-corrected chi connectivity index (χ3v) is 5.08. The van der Waals surface area contributed by atoms with Gasteiger partial charge in [-0.25, -0.2) is 0 Å². The second-order valence-corrected chi connectivity index (χ2v) is 6.81. The molecule has 4 aromatic rings. The summed E-state index contributed by atoms with van der Waals surface area (Å²) in [4.78, 5) is 0. The molecule has 0 saturated heterocycles. The molecule has 1 heteroatoms. The summed E-state index contributed by atoms with van der Waals surface area (Å²) in [5.74, 6) is 0. The normalized spacial score (nSPS) is 10.7. The second-order valence-electron chi connectivity index (χ2n) is 6.81. The summed E-state index contributed by atoms with van der Waals surface area (Å²) in [6.45, 7) is 6.25. The SMILES string of the molecule is C=Cc1cc2ccccc2c(-c2ccccc2)c1-c1cc(C)ccc1NC. The van der Waals surface area contributed by atoms with E-state index in [9.17, 15) is 0 Å². The highest BCUT2D eigenvalue weighted by atomic mass is 14.8. The number of benzene rings is 4. The minimum absolute atomic E-state index is 1.12. The molecule has 27 heavy (non-hydrogen) atoms. The average Bonchev–Trinajstić information content (AvgIpc) is 2.72. The summed E-state index contributed by atoms with van der Waals surface area (Å²) in [7, 11) is 1.98. The Bertz CT molecular complexity index is 1120. The quantitative estimate of drug-likeness (QED) is 0.412. The van der Waals surface area contributed by atoms with Crippen molar-refractivity contribution in [3.63, 3.8) is 0 Å². The maximum absolute atomic E-state index is 4.12. The van der Waals surface area contributed by atoms with Crippen LogP contribution >= 0.6 is 0 Å². The fraction of sp³-hybridized carbons (Fsp3) is 0.0769. The van der Waals surface area contributed by atoms with Crippen LogP contribution in [0.25, 0.3) is 39.1 Å². The first-order valence-electron chi connectivity index (χ1n) is 9.25. The van der Waals surface area contributed by atoms with Crippen molar-refractivity contribution in [2.75, 3.05) is 12.4 Å². The fourth-order valence-electron chi connectivity index (χ4n) is 3.81. The van der Waals surface area contributed by atoms with Crippen molar-refractivity contribution in [2.45, 2.75) is 6.92 Å². The Hall–Kier alpha value is -3.32. The monoisotopic (exact) mass is 349 g/mol. The van der Waals surface area contributed by atoms with Crippen LogP contribution in [0.15, 0.2) is 85.4 Å². The number of hydrogen-bond acceptors (Lipinski definition) is 1. The summed E-state index contributed by atoms with van der Waals surface area (Å²) in [6.07, 6.45) is 1.97. The third kappa shape index (κ3) is 3.02. The van der Waals surface area contributed by atoms with Crippen molar-refractivity contribution >= 4 is 22.5 Å². The molecule has 0 fully saturated rings. The molecule has 0 bridgehead atoms. The summed E-state index contributed by atoms with van der Waals surface area (Å²) in [6, 6.07) is 28.0. The molecule has 132 valence electrons. The molecular weight excluding hydrogens is 326 g/mol. The van der Waals surface area contributed by atoms with Crippen LogP contribution in [0.4, 0.5) is 5.69 Å². The lowest BCUT2D eigenvalue weighted by molar-refractivity contribution is 1.43. The zero-order chi connectivity index (χ0) is 18.8. The van der Waals surface area contributed by atoms with Gasteiger partial charge in [0, 0.05) is 18.3 Å². The highest BCUT2D eigenvalue weighted by Crippen LogP contribution is 2.43. The van der Waals surface area contributed by atoms with Gasteiger partial charge in [0.15, 0.2) is 0 Å². The van der Waals surface area contributed by atoms with Crippen LogP contribution in [0.1, 0.15) is 11.1 Å². The van der Waals surface area contributed by atoms with E-state index >= 15 is 0 Å². The van der Waals surface area contributed by atoms with Crippen LogP contribution in [0, 0.1) is 6.92 Å². The van der Waals surface area contributed by atoms with E-state index in [0.717, 1.165) is 11.3 Å². The van der Waals surface area contributed by atoms with Crippen molar-refractivity contribution in [3.05, 3.63) is 96.6 Å². The number of fused-ring (bicyclic) bond motifs is 1. The first-order chi connectivity index (χ1) is 13.2. The van der Waals surface area contributed by atoms with Gasteiger partial charge in [-0.3, -0.25) is 0 Å². The number of hydrogen-bond donors (Lipinski definition) is 1. The molecule has 0 saturated carbocycles. The molecule has 0 atom stereocenters. The first-order valence-corrected chi connectivity index (χ1v) is 9.25. The van der Waals surface area contributed by atoms with Gasteiger partial charge in [0.05, 0.1) is 0 Å². The minimum atomic E-state index is 1.12. The van der Waals surface area contributed by atoms with Gasteiger partial charge in [-0.2, -0.15) is 0 Å². The van der Waals surface area contributed by atoms with Gasteiger partial charge in [0.1, 0.15) is 0 Å².